The van der Waals surface area contributed by atoms with Crippen LogP contribution in [0.5, 0.6) is 0 Å². The van der Waals surface area contributed by atoms with Gasteiger partial charge in [-0.05, 0) is 43.5 Å². The average Bonchev–Trinajstić information content (AvgIpc) is 2.35. The summed E-state index contributed by atoms with van der Waals surface area (Å²) in [5, 5.41) is 0. The van der Waals surface area contributed by atoms with Gasteiger partial charge in [0, 0.05) is 16.6 Å². The first-order chi connectivity index (χ1) is 8.78. The van der Waals surface area contributed by atoms with Crippen molar-refractivity contribution in [2.24, 2.45) is 5.73 Å². The maximum atomic E-state index is 12.4. The third-order valence-corrected chi connectivity index (χ3v) is 5.44. The number of nitrogens with one attached hydrogen (secondary N) is 1. The SMILES string of the molecule is CCC(CC)(CN)NS(=O)(=O)c1cc(C)cc(Br)c1. The summed E-state index contributed by atoms with van der Waals surface area (Å²) in [6, 6.07) is 5.12. The molecule has 0 fully saturated rings. The van der Waals surface area contributed by atoms with Crippen molar-refractivity contribution in [2.75, 3.05) is 6.54 Å². The van der Waals surface area contributed by atoms with Crippen LogP contribution in [0.1, 0.15) is 32.3 Å². The van der Waals surface area contributed by atoms with Gasteiger partial charge >= 0.3 is 0 Å². The first kappa shape index (κ1) is 16.6. The van der Waals surface area contributed by atoms with Gasteiger partial charge in [-0.3, -0.25) is 0 Å². The number of benzene rings is 1. The highest BCUT2D eigenvalue weighted by Crippen LogP contribution is 2.22. The van der Waals surface area contributed by atoms with E-state index in [9.17, 15) is 8.42 Å². The molecule has 0 aliphatic rings. The molecule has 1 aromatic rings. The summed E-state index contributed by atoms with van der Waals surface area (Å²) in [5.74, 6) is 0. The van der Waals surface area contributed by atoms with Gasteiger partial charge in [0.05, 0.1) is 4.90 Å². The number of aryl methyl sites for hydroxylation is 1. The molecule has 0 spiro atoms. The van der Waals surface area contributed by atoms with E-state index in [-0.39, 0.29) is 11.4 Å². The van der Waals surface area contributed by atoms with Gasteiger partial charge in [0.1, 0.15) is 0 Å². The predicted octanol–water partition coefficient (Wildman–Crippen LogP) is 2.55. The molecule has 1 aromatic carbocycles. The van der Waals surface area contributed by atoms with Crippen LogP contribution in [0.25, 0.3) is 0 Å². The van der Waals surface area contributed by atoms with Gasteiger partial charge in [0.25, 0.3) is 0 Å². The highest BCUT2D eigenvalue weighted by atomic mass is 79.9. The topological polar surface area (TPSA) is 72.2 Å². The summed E-state index contributed by atoms with van der Waals surface area (Å²) in [4.78, 5) is 0.263. The molecule has 0 atom stereocenters. The second-order valence-corrected chi connectivity index (χ2v) is 7.36. The second kappa shape index (κ2) is 6.35. The van der Waals surface area contributed by atoms with E-state index < -0.39 is 15.6 Å². The van der Waals surface area contributed by atoms with Gasteiger partial charge in [-0.15, -0.1) is 0 Å². The lowest BCUT2D eigenvalue weighted by Gasteiger charge is -2.31. The van der Waals surface area contributed by atoms with Crippen molar-refractivity contribution in [1.82, 2.24) is 4.72 Å². The lowest BCUT2D eigenvalue weighted by Crippen LogP contribution is -2.52. The first-order valence-electron chi connectivity index (χ1n) is 6.30. The van der Waals surface area contributed by atoms with Crippen LogP contribution in [0, 0.1) is 6.92 Å². The van der Waals surface area contributed by atoms with E-state index in [1.807, 2.05) is 26.8 Å². The Labute approximate surface area is 124 Å². The standard InChI is InChI=1S/C13H21BrN2O2S/c1-4-13(5-2,9-15)16-19(17,18)12-7-10(3)6-11(14)8-12/h6-8,16H,4-5,9,15H2,1-3H3. The molecule has 19 heavy (non-hydrogen) atoms. The number of sulfonamides is 1. The maximum Gasteiger partial charge on any atom is 0.241 e. The minimum Gasteiger partial charge on any atom is -0.329 e. The number of halogens is 1. The third-order valence-electron chi connectivity index (χ3n) is 3.42. The van der Waals surface area contributed by atoms with Gasteiger partial charge in [0.15, 0.2) is 0 Å². The van der Waals surface area contributed by atoms with E-state index >= 15 is 0 Å². The quantitative estimate of drug-likeness (QED) is 0.829. The van der Waals surface area contributed by atoms with E-state index in [0.29, 0.717) is 12.8 Å². The molecule has 3 N–H and O–H groups in total. The molecule has 6 heteroatoms. The molecule has 0 bridgehead atoms. The Kier molecular flexibility index (Phi) is 5.55. The van der Waals surface area contributed by atoms with Crippen molar-refractivity contribution in [2.45, 2.75) is 44.0 Å². The minimum atomic E-state index is -3.56. The lowest BCUT2D eigenvalue weighted by atomic mass is 9.95. The molecular weight excluding hydrogens is 328 g/mol. The van der Waals surface area contributed by atoms with Crippen LogP contribution in [0.15, 0.2) is 27.6 Å². The normalized spacial score (nSPS) is 12.7. The zero-order valence-electron chi connectivity index (χ0n) is 11.5. The van der Waals surface area contributed by atoms with Crippen molar-refractivity contribution >= 4 is 26.0 Å². The molecule has 1 rings (SSSR count). The molecule has 0 unspecified atom stereocenters. The molecule has 0 amide bonds. The molecular formula is C13H21BrN2O2S. The van der Waals surface area contributed by atoms with Gasteiger partial charge in [0.2, 0.25) is 10.0 Å². The van der Waals surface area contributed by atoms with Crippen LogP contribution in [0.3, 0.4) is 0 Å². The smallest absolute Gasteiger partial charge is 0.241 e. The van der Waals surface area contributed by atoms with Gasteiger partial charge in [-0.25, -0.2) is 13.1 Å². The minimum absolute atomic E-state index is 0.263. The van der Waals surface area contributed by atoms with Gasteiger partial charge in [-0.1, -0.05) is 29.8 Å². The average molecular weight is 349 g/mol. The molecule has 4 nitrogen and oxygen atoms in total. The lowest BCUT2D eigenvalue weighted by molar-refractivity contribution is 0.363. The summed E-state index contributed by atoms with van der Waals surface area (Å²) in [6.07, 6.45) is 1.32. The summed E-state index contributed by atoms with van der Waals surface area (Å²) in [6.45, 7) is 6.02. The first-order valence-corrected chi connectivity index (χ1v) is 8.57. The van der Waals surface area contributed by atoms with Crippen LogP contribution in [0.2, 0.25) is 0 Å². The van der Waals surface area contributed by atoms with Gasteiger partial charge in [-0.2, -0.15) is 0 Å². The van der Waals surface area contributed by atoms with Crippen molar-refractivity contribution in [3.8, 4) is 0 Å². The molecule has 0 saturated carbocycles. The van der Waals surface area contributed by atoms with Crippen LogP contribution >= 0.6 is 15.9 Å². The van der Waals surface area contributed by atoms with E-state index in [2.05, 4.69) is 20.7 Å². The highest BCUT2D eigenvalue weighted by molar-refractivity contribution is 9.10. The van der Waals surface area contributed by atoms with Crippen LogP contribution < -0.4 is 10.5 Å². The monoisotopic (exact) mass is 348 g/mol. The summed E-state index contributed by atoms with van der Waals surface area (Å²) >= 11 is 3.32. The summed E-state index contributed by atoms with van der Waals surface area (Å²) in [5.41, 5.74) is 6.05. The van der Waals surface area contributed by atoms with E-state index in [1.165, 1.54) is 0 Å². The fourth-order valence-corrected chi connectivity index (χ4v) is 4.37. The maximum absolute atomic E-state index is 12.4. The molecule has 0 radical (unpaired) electrons. The molecule has 0 saturated heterocycles. The Morgan fingerprint density at radius 2 is 1.84 bits per heavy atom. The summed E-state index contributed by atoms with van der Waals surface area (Å²) < 4.78 is 28.4. The molecule has 0 aromatic heterocycles. The Morgan fingerprint density at radius 1 is 1.26 bits per heavy atom. The van der Waals surface area contributed by atoms with Crippen LogP contribution in [-0.4, -0.2) is 20.5 Å². The Morgan fingerprint density at radius 3 is 2.26 bits per heavy atom. The third kappa shape index (κ3) is 4.02. The summed E-state index contributed by atoms with van der Waals surface area (Å²) in [7, 11) is -3.56. The number of nitrogens with two attached hydrogens (primary N) is 1. The van der Waals surface area contributed by atoms with Gasteiger partial charge < -0.3 is 5.73 Å². The van der Waals surface area contributed by atoms with Crippen LogP contribution in [-0.2, 0) is 10.0 Å². The number of rotatable bonds is 6. The fourth-order valence-electron chi connectivity index (χ4n) is 1.93. The second-order valence-electron chi connectivity index (χ2n) is 4.76. The number of hydrogen-bond acceptors (Lipinski definition) is 3. The molecule has 0 aliphatic heterocycles. The van der Waals surface area contributed by atoms with Crippen LogP contribution in [0.4, 0.5) is 0 Å². The zero-order valence-corrected chi connectivity index (χ0v) is 13.9. The van der Waals surface area contributed by atoms with Crippen molar-refractivity contribution in [3.05, 3.63) is 28.2 Å². The highest BCUT2D eigenvalue weighted by Gasteiger charge is 2.30. The molecule has 108 valence electrons. The molecule has 0 aliphatic carbocycles. The van der Waals surface area contributed by atoms with E-state index in [4.69, 9.17) is 5.73 Å². The van der Waals surface area contributed by atoms with E-state index in [1.54, 1.807) is 12.1 Å². The molecule has 0 heterocycles. The van der Waals surface area contributed by atoms with E-state index in [0.717, 1.165) is 10.0 Å². The predicted molar refractivity (Wildman–Crippen MR) is 81.6 cm³/mol. The van der Waals surface area contributed by atoms with Crippen molar-refractivity contribution in [1.29, 1.82) is 0 Å². The largest absolute Gasteiger partial charge is 0.329 e. The van der Waals surface area contributed by atoms with Crippen molar-refractivity contribution < 1.29 is 8.42 Å². The Balaban J connectivity index is 3.17. The fraction of sp³-hybridized carbons (Fsp3) is 0.538. The zero-order chi connectivity index (χ0) is 14.7. The van der Waals surface area contributed by atoms with Crippen molar-refractivity contribution in [3.63, 3.8) is 0 Å². The Hall–Kier alpha value is -0.430. The number of hydrogen-bond donors (Lipinski definition) is 2. The Bertz CT molecular complexity index is 511.